The molecule has 0 radical (unpaired) electrons. The molecule has 1 heteroatoms. The van der Waals surface area contributed by atoms with E-state index in [0.717, 1.165) is 19.4 Å². The standard InChI is InChI=1S/C29H28O/c1-5-14-24(15-6-1)28(25-16-7-2-8-17-25)22-13-23-30-29(26-18-9-3-10-19-26)27-20-11-4-12-21-27/h1-12,14-21,28-29H,13,22-23H2. The van der Waals surface area contributed by atoms with Gasteiger partial charge in [0.05, 0.1) is 0 Å². The zero-order chi connectivity index (χ0) is 20.4. The fourth-order valence-corrected chi connectivity index (χ4v) is 4.03. The van der Waals surface area contributed by atoms with Gasteiger partial charge in [0.1, 0.15) is 6.10 Å². The molecule has 0 unspecified atom stereocenters. The Morgan fingerprint density at radius 3 is 1.23 bits per heavy atom. The highest BCUT2D eigenvalue weighted by molar-refractivity contribution is 5.32. The van der Waals surface area contributed by atoms with Crippen LogP contribution >= 0.6 is 0 Å². The van der Waals surface area contributed by atoms with Crippen LogP contribution in [0.4, 0.5) is 0 Å². The van der Waals surface area contributed by atoms with E-state index >= 15 is 0 Å². The summed E-state index contributed by atoms with van der Waals surface area (Å²) in [4.78, 5) is 0. The van der Waals surface area contributed by atoms with E-state index in [1.165, 1.54) is 22.3 Å². The molecule has 0 heterocycles. The summed E-state index contributed by atoms with van der Waals surface area (Å²) in [5, 5.41) is 0. The number of rotatable bonds is 9. The Labute approximate surface area is 180 Å². The van der Waals surface area contributed by atoms with Gasteiger partial charge in [0.2, 0.25) is 0 Å². The monoisotopic (exact) mass is 392 g/mol. The molecular formula is C29H28O. The molecule has 4 aromatic carbocycles. The first kappa shape index (κ1) is 20.1. The summed E-state index contributed by atoms with van der Waals surface area (Å²) in [5.41, 5.74) is 5.13. The summed E-state index contributed by atoms with van der Waals surface area (Å²) in [6, 6.07) is 42.6. The summed E-state index contributed by atoms with van der Waals surface area (Å²) in [6.07, 6.45) is 2.04. The second-order valence-corrected chi connectivity index (χ2v) is 7.59. The van der Waals surface area contributed by atoms with Crippen LogP contribution in [0.3, 0.4) is 0 Å². The third kappa shape index (κ3) is 5.25. The van der Waals surface area contributed by atoms with E-state index in [1.807, 2.05) is 0 Å². The third-order valence-electron chi connectivity index (χ3n) is 5.53. The minimum absolute atomic E-state index is 0.0284. The minimum atomic E-state index is -0.0284. The lowest BCUT2D eigenvalue weighted by Gasteiger charge is -2.21. The maximum Gasteiger partial charge on any atom is 0.108 e. The van der Waals surface area contributed by atoms with E-state index in [2.05, 4.69) is 121 Å². The first-order valence-electron chi connectivity index (χ1n) is 10.7. The van der Waals surface area contributed by atoms with Gasteiger partial charge in [-0.25, -0.2) is 0 Å². The van der Waals surface area contributed by atoms with Crippen molar-refractivity contribution in [1.82, 2.24) is 0 Å². The number of benzene rings is 4. The van der Waals surface area contributed by atoms with E-state index in [4.69, 9.17) is 4.74 Å². The van der Waals surface area contributed by atoms with E-state index in [-0.39, 0.29) is 6.10 Å². The molecule has 0 aliphatic rings. The molecule has 150 valence electrons. The highest BCUT2D eigenvalue weighted by Crippen LogP contribution is 2.30. The summed E-state index contributed by atoms with van der Waals surface area (Å²) < 4.78 is 6.44. The lowest BCUT2D eigenvalue weighted by molar-refractivity contribution is 0.0766. The van der Waals surface area contributed by atoms with Crippen LogP contribution in [0, 0.1) is 0 Å². The molecule has 1 nitrogen and oxygen atoms in total. The van der Waals surface area contributed by atoms with Gasteiger partial charge in [-0.1, -0.05) is 121 Å². The van der Waals surface area contributed by atoms with Crippen molar-refractivity contribution in [3.8, 4) is 0 Å². The normalized spacial score (nSPS) is 11.1. The van der Waals surface area contributed by atoms with Crippen molar-refractivity contribution >= 4 is 0 Å². The van der Waals surface area contributed by atoms with Crippen LogP contribution in [0.5, 0.6) is 0 Å². The Bertz CT molecular complexity index is 817. The molecule has 30 heavy (non-hydrogen) atoms. The molecular weight excluding hydrogens is 364 g/mol. The van der Waals surface area contributed by atoms with Crippen molar-refractivity contribution < 1.29 is 4.74 Å². The maximum absolute atomic E-state index is 6.44. The third-order valence-corrected chi connectivity index (χ3v) is 5.53. The molecule has 0 aromatic heterocycles. The molecule has 4 rings (SSSR count). The predicted octanol–water partition coefficient (Wildman–Crippen LogP) is 7.40. The first-order valence-corrected chi connectivity index (χ1v) is 10.7. The largest absolute Gasteiger partial charge is 0.369 e. The lowest BCUT2D eigenvalue weighted by atomic mass is 9.87. The highest BCUT2D eigenvalue weighted by atomic mass is 16.5. The van der Waals surface area contributed by atoms with Gasteiger partial charge in [0.25, 0.3) is 0 Å². The quantitative estimate of drug-likeness (QED) is 0.270. The molecule has 0 amide bonds. The summed E-state index contributed by atoms with van der Waals surface area (Å²) in [6.45, 7) is 0.727. The SMILES string of the molecule is c1ccc(C(CCCOC(c2ccccc2)c2ccccc2)c2ccccc2)cc1. The zero-order valence-electron chi connectivity index (χ0n) is 17.2. The smallest absolute Gasteiger partial charge is 0.108 e. The second-order valence-electron chi connectivity index (χ2n) is 7.59. The summed E-state index contributed by atoms with van der Waals surface area (Å²) >= 11 is 0. The summed E-state index contributed by atoms with van der Waals surface area (Å²) in [5.74, 6) is 0.392. The number of hydrogen-bond acceptors (Lipinski definition) is 1. The summed E-state index contributed by atoms with van der Waals surface area (Å²) in [7, 11) is 0. The molecule has 0 aliphatic heterocycles. The predicted molar refractivity (Wildman–Crippen MR) is 125 cm³/mol. The Morgan fingerprint density at radius 2 is 0.833 bits per heavy atom. The Kier molecular flexibility index (Phi) is 7.09. The molecule has 0 spiro atoms. The number of hydrogen-bond donors (Lipinski definition) is 0. The van der Waals surface area contributed by atoms with Crippen molar-refractivity contribution in [3.05, 3.63) is 144 Å². The van der Waals surface area contributed by atoms with Crippen molar-refractivity contribution in [2.45, 2.75) is 24.9 Å². The Morgan fingerprint density at radius 1 is 0.467 bits per heavy atom. The van der Waals surface area contributed by atoms with Crippen LogP contribution in [0.1, 0.15) is 47.1 Å². The van der Waals surface area contributed by atoms with E-state index in [9.17, 15) is 0 Å². The molecule has 0 N–H and O–H groups in total. The molecule has 0 saturated carbocycles. The van der Waals surface area contributed by atoms with E-state index < -0.39 is 0 Å². The van der Waals surface area contributed by atoms with E-state index in [0.29, 0.717) is 5.92 Å². The van der Waals surface area contributed by atoms with Gasteiger partial charge in [0, 0.05) is 12.5 Å². The van der Waals surface area contributed by atoms with Crippen molar-refractivity contribution in [3.63, 3.8) is 0 Å². The van der Waals surface area contributed by atoms with Gasteiger partial charge in [-0.2, -0.15) is 0 Å². The molecule has 4 aromatic rings. The second kappa shape index (κ2) is 10.6. The molecule has 0 aliphatic carbocycles. The minimum Gasteiger partial charge on any atom is -0.369 e. The maximum atomic E-state index is 6.44. The van der Waals surface area contributed by atoms with Crippen molar-refractivity contribution in [2.75, 3.05) is 6.61 Å². The van der Waals surface area contributed by atoms with Crippen LogP contribution < -0.4 is 0 Å². The van der Waals surface area contributed by atoms with Gasteiger partial charge in [-0.05, 0) is 35.1 Å². The van der Waals surface area contributed by atoms with Gasteiger partial charge in [-0.15, -0.1) is 0 Å². The lowest BCUT2D eigenvalue weighted by Crippen LogP contribution is -2.09. The molecule has 0 atom stereocenters. The average Bonchev–Trinajstić information content (AvgIpc) is 2.84. The molecule has 0 saturated heterocycles. The van der Waals surface area contributed by atoms with Crippen molar-refractivity contribution in [2.24, 2.45) is 0 Å². The van der Waals surface area contributed by atoms with Gasteiger partial charge in [-0.3, -0.25) is 0 Å². The van der Waals surface area contributed by atoms with Crippen LogP contribution in [0.25, 0.3) is 0 Å². The number of ether oxygens (including phenoxy) is 1. The van der Waals surface area contributed by atoms with Crippen molar-refractivity contribution in [1.29, 1.82) is 0 Å². The fraction of sp³-hybridized carbons (Fsp3) is 0.172. The van der Waals surface area contributed by atoms with Crippen LogP contribution in [0.15, 0.2) is 121 Å². The van der Waals surface area contributed by atoms with Gasteiger partial charge in [0.15, 0.2) is 0 Å². The zero-order valence-corrected chi connectivity index (χ0v) is 17.2. The van der Waals surface area contributed by atoms with Crippen LogP contribution in [-0.2, 0) is 4.74 Å². The average molecular weight is 393 g/mol. The van der Waals surface area contributed by atoms with Gasteiger partial charge < -0.3 is 4.74 Å². The fourth-order valence-electron chi connectivity index (χ4n) is 4.03. The molecule has 0 fully saturated rings. The highest BCUT2D eigenvalue weighted by Gasteiger charge is 2.16. The van der Waals surface area contributed by atoms with Crippen LogP contribution in [0.2, 0.25) is 0 Å². The topological polar surface area (TPSA) is 9.23 Å². The Hall–Kier alpha value is -3.16. The first-order chi connectivity index (χ1) is 14.9. The Balaban J connectivity index is 1.45. The van der Waals surface area contributed by atoms with Gasteiger partial charge >= 0.3 is 0 Å². The van der Waals surface area contributed by atoms with Crippen LogP contribution in [-0.4, -0.2) is 6.61 Å². The van der Waals surface area contributed by atoms with E-state index in [1.54, 1.807) is 0 Å². The molecule has 0 bridgehead atoms.